The minimum absolute atomic E-state index is 0.0624. The molecule has 164 valence electrons. The molecular weight excluding hydrogens is 439 g/mol. The second kappa shape index (κ2) is 9.36. The van der Waals surface area contributed by atoms with Crippen LogP contribution in [0.1, 0.15) is 10.4 Å². The van der Waals surface area contributed by atoms with Gasteiger partial charge in [-0.25, -0.2) is 9.78 Å². The Bertz CT molecular complexity index is 1080. The molecule has 2 heterocycles. The maximum Gasteiger partial charge on any atom is 0.490 e. The highest BCUT2D eigenvalue weighted by atomic mass is 35.5. The number of halogens is 4. The summed E-state index contributed by atoms with van der Waals surface area (Å²) >= 11 is 5.98. The zero-order valence-electron chi connectivity index (χ0n) is 15.9. The molecule has 0 aliphatic carbocycles. The Kier molecular flexibility index (Phi) is 6.81. The van der Waals surface area contributed by atoms with Crippen LogP contribution < -0.4 is 5.32 Å². The summed E-state index contributed by atoms with van der Waals surface area (Å²) in [6, 6.07) is 12.7. The van der Waals surface area contributed by atoms with Crippen LogP contribution in [0.2, 0.25) is 5.02 Å². The number of aliphatic carboxylic acids is 1. The van der Waals surface area contributed by atoms with Crippen LogP contribution in [-0.2, 0) is 4.79 Å². The second-order valence-corrected chi connectivity index (χ2v) is 6.99. The van der Waals surface area contributed by atoms with Crippen molar-refractivity contribution in [1.82, 2.24) is 15.2 Å². The maximum atomic E-state index is 12.5. The Morgan fingerprint density at radius 1 is 1.10 bits per heavy atom. The molecule has 1 aromatic heterocycles. The molecule has 4 rings (SSSR count). The molecule has 1 saturated heterocycles. The predicted octanol–water partition coefficient (Wildman–Crippen LogP) is 3.83. The van der Waals surface area contributed by atoms with Gasteiger partial charge in [-0.3, -0.25) is 4.79 Å². The van der Waals surface area contributed by atoms with E-state index >= 15 is 0 Å². The number of fused-ring (bicyclic) bond motifs is 1. The van der Waals surface area contributed by atoms with E-state index in [-0.39, 0.29) is 5.91 Å². The van der Waals surface area contributed by atoms with Crippen LogP contribution in [0.25, 0.3) is 22.6 Å². The van der Waals surface area contributed by atoms with E-state index in [1.807, 2.05) is 29.2 Å². The van der Waals surface area contributed by atoms with Crippen LogP contribution in [0.3, 0.4) is 0 Å². The Morgan fingerprint density at radius 3 is 2.29 bits per heavy atom. The van der Waals surface area contributed by atoms with Gasteiger partial charge in [0.2, 0.25) is 5.89 Å². The third-order valence-corrected chi connectivity index (χ3v) is 4.61. The van der Waals surface area contributed by atoms with E-state index in [0.717, 1.165) is 37.3 Å². The van der Waals surface area contributed by atoms with Gasteiger partial charge >= 0.3 is 12.1 Å². The molecule has 0 spiro atoms. The number of benzene rings is 2. The number of carbonyl (C=O) groups excluding carboxylic acids is 1. The van der Waals surface area contributed by atoms with Crippen molar-refractivity contribution in [2.24, 2.45) is 0 Å². The van der Waals surface area contributed by atoms with Gasteiger partial charge in [0.1, 0.15) is 5.52 Å². The molecule has 1 amide bonds. The molecule has 2 aromatic carbocycles. The number of hydrogen-bond acceptors (Lipinski definition) is 5. The number of nitrogens with zero attached hydrogens (tertiary/aromatic N) is 2. The number of carboxylic acids is 1. The number of hydrogen-bond donors (Lipinski definition) is 2. The highest BCUT2D eigenvalue weighted by molar-refractivity contribution is 6.31. The zero-order chi connectivity index (χ0) is 22.6. The van der Waals surface area contributed by atoms with Gasteiger partial charge in [-0.2, -0.15) is 13.2 Å². The van der Waals surface area contributed by atoms with Crippen LogP contribution in [0.5, 0.6) is 0 Å². The first-order valence-corrected chi connectivity index (χ1v) is 9.49. The van der Waals surface area contributed by atoms with Crippen LogP contribution in [0.15, 0.2) is 46.9 Å². The van der Waals surface area contributed by atoms with Crippen molar-refractivity contribution in [3.05, 3.63) is 53.1 Å². The zero-order valence-corrected chi connectivity index (χ0v) is 16.7. The molecule has 0 unspecified atom stereocenters. The van der Waals surface area contributed by atoms with Crippen molar-refractivity contribution in [3.63, 3.8) is 0 Å². The van der Waals surface area contributed by atoms with E-state index in [9.17, 15) is 18.0 Å². The average Bonchev–Trinajstić information content (AvgIpc) is 3.17. The molecule has 1 aliphatic rings. The minimum Gasteiger partial charge on any atom is -0.475 e. The Balaban J connectivity index is 0.000000339. The summed E-state index contributed by atoms with van der Waals surface area (Å²) in [5.74, 6) is -2.17. The summed E-state index contributed by atoms with van der Waals surface area (Å²) in [6.07, 6.45) is -5.08. The lowest BCUT2D eigenvalue weighted by molar-refractivity contribution is -0.192. The largest absolute Gasteiger partial charge is 0.490 e. The number of aromatic nitrogens is 1. The standard InChI is InChI=1S/C18H16ClN3O2.C2HF3O2/c19-14-5-6-16-15(11-14)21-17(24-16)12-1-3-13(4-2-12)18(23)22-9-7-20-8-10-22;3-2(4,5)1(6)7/h1-6,11,20H,7-10H2;(H,6,7). The summed E-state index contributed by atoms with van der Waals surface area (Å²) in [5.41, 5.74) is 2.92. The van der Waals surface area contributed by atoms with Crippen molar-refractivity contribution < 1.29 is 32.3 Å². The normalized spacial score (nSPS) is 14.1. The van der Waals surface area contributed by atoms with Gasteiger partial charge < -0.3 is 19.7 Å². The van der Waals surface area contributed by atoms with Gasteiger partial charge in [-0.1, -0.05) is 11.6 Å². The second-order valence-electron chi connectivity index (χ2n) is 6.55. The lowest BCUT2D eigenvalue weighted by atomic mass is 10.1. The predicted molar refractivity (Wildman–Crippen MR) is 107 cm³/mol. The smallest absolute Gasteiger partial charge is 0.475 e. The fourth-order valence-corrected chi connectivity index (χ4v) is 3.00. The van der Waals surface area contributed by atoms with E-state index < -0.39 is 12.1 Å². The number of oxazole rings is 1. The van der Waals surface area contributed by atoms with Crippen molar-refractivity contribution in [3.8, 4) is 11.5 Å². The Morgan fingerprint density at radius 2 is 1.71 bits per heavy atom. The van der Waals surface area contributed by atoms with Crippen molar-refractivity contribution in [1.29, 1.82) is 0 Å². The van der Waals surface area contributed by atoms with Gasteiger partial charge in [-0.15, -0.1) is 0 Å². The monoisotopic (exact) mass is 455 g/mol. The molecule has 11 heteroatoms. The summed E-state index contributed by atoms with van der Waals surface area (Å²) in [5, 5.41) is 11.0. The number of carboxylic acid groups (broad SMARTS) is 1. The van der Waals surface area contributed by atoms with E-state index in [2.05, 4.69) is 10.3 Å². The summed E-state index contributed by atoms with van der Waals surface area (Å²) < 4.78 is 37.5. The molecule has 0 bridgehead atoms. The van der Waals surface area contributed by atoms with Crippen LogP contribution in [0, 0.1) is 0 Å². The van der Waals surface area contributed by atoms with E-state index in [4.69, 9.17) is 25.9 Å². The minimum atomic E-state index is -5.08. The maximum absolute atomic E-state index is 12.5. The van der Waals surface area contributed by atoms with Crippen LogP contribution >= 0.6 is 11.6 Å². The molecule has 0 atom stereocenters. The van der Waals surface area contributed by atoms with Crippen LogP contribution in [0.4, 0.5) is 13.2 Å². The molecule has 3 aromatic rings. The third-order valence-electron chi connectivity index (χ3n) is 4.38. The lowest BCUT2D eigenvalue weighted by Gasteiger charge is -2.27. The Hall–Kier alpha value is -3.11. The number of carbonyl (C=O) groups is 2. The van der Waals surface area contributed by atoms with Crippen LogP contribution in [-0.4, -0.2) is 59.2 Å². The first kappa shape index (κ1) is 22.6. The Labute approximate surface area is 179 Å². The van der Waals surface area contributed by atoms with Gasteiger partial charge in [-0.05, 0) is 42.5 Å². The fourth-order valence-electron chi connectivity index (χ4n) is 2.83. The summed E-state index contributed by atoms with van der Waals surface area (Å²) in [6.45, 7) is 3.17. The van der Waals surface area contributed by atoms with Gasteiger partial charge in [0, 0.05) is 42.3 Å². The van der Waals surface area contributed by atoms with E-state index in [1.165, 1.54) is 0 Å². The summed E-state index contributed by atoms with van der Waals surface area (Å²) in [4.78, 5) is 27.7. The van der Waals surface area contributed by atoms with Crippen molar-refractivity contribution in [2.45, 2.75) is 6.18 Å². The number of amides is 1. The number of rotatable bonds is 2. The molecule has 0 saturated carbocycles. The van der Waals surface area contributed by atoms with Gasteiger partial charge in [0.25, 0.3) is 5.91 Å². The molecular formula is C20H17ClF3N3O4. The van der Waals surface area contributed by atoms with Gasteiger partial charge in [0.05, 0.1) is 0 Å². The van der Waals surface area contributed by atoms with E-state index in [1.54, 1.807) is 18.2 Å². The highest BCUT2D eigenvalue weighted by Crippen LogP contribution is 2.26. The first-order chi connectivity index (χ1) is 14.6. The number of piperazine rings is 1. The summed E-state index contributed by atoms with van der Waals surface area (Å²) in [7, 11) is 0. The third kappa shape index (κ3) is 5.74. The average molecular weight is 456 g/mol. The first-order valence-electron chi connectivity index (χ1n) is 9.12. The van der Waals surface area contributed by atoms with E-state index in [0.29, 0.717) is 22.1 Å². The molecule has 2 N–H and O–H groups in total. The highest BCUT2D eigenvalue weighted by Gasteiger charge is 2.38. The molecule has 0 radical (unpaired) electrons. The fraction of sp³-hybridized carbons (Fsp3) is 0.250. The number of nitrogens with one attached hydrogen (secondary N) is 1. The van der Waals surface area contributed by atoms with Gasteiger partial charge in [0.15, 0.2) is 5.58 Å². The quantitative estimate of drug-likeness (QED) is 0.610. The molecule has 1 fully saturated rings. The lowest BCUT2D eigenvalue weighted by Crippen LogP contribution is -2.46. The van der Waals surface area contributed by atoms with Crippen molar-refractivity contribution >= 4 is 34.6 Å². The molecule has 1 aliphatic heterocycles. The molecule has 7 nitrogen and oxygen atoms in total. The van der Waals surface area contributed by atoms with Crippen molar-refractivity contribution in [2.75, 3.05) is 26.2 Å². The SMILES string of the molecule is O=C(O)C(F)(F)F.O=C(c1ccc(-c2nc3cc(Cl)ccc3o2)cc1)N1CCNCC1. The molecule has 31 heavy (non-hydrogen) atoms. The topological polar surface area (TPSA) is 95.7 Å². The number of alkyl halides is 3.